The molecule has 1 aromatic carbocycles. The molecule has 3 N–H and O–H groups in total. The van der Waals surface area contributed by atoms with Gasteiger partial charge in [0.15, 0.2) is 0 Å². The quantitative estimate of drug-likeness (QED) is 0.825. The van der Waals surface area contributed by atoms with E-state index < -0.39 is 11.9 Å². The molecule has 0 radical (unpaired) electrons. The van der Waals surface area contributed by atoms with E-state index in [4.69, 9.17) is 5.73 Å². The second kappa shape index (κ2) is 5.95. The highest BCUT2D eigenvalue weighted by Crippen LogP contribution is 2.40. The minimum Gasteiger partial charge on any atom is -0.481 e. The highest BCUT2D eigenvalue weighted by molar-refractivity contribution is 9.10. The van der Waals surface area contributed by atoms with Crippen molar-refractivity contribution in [1.82, 2.24) is 0 Å². The number of nitrogens with two attached hydrogens (primary N) is 1. The number of hydrogen-bond donors (Lipinski definition) is 2. The molecule has 0 bridgehead atoms. The molecule has 3 atom stereocenters. The van der Waals surface area contributed by atoms with E-state index >= 15 is 0 Å². The minimum atomic E-state index is -0.760. The van der Waals surface area contributed by atoms with Gasteiger partial charge in [-0.2, -0.15) is 0 Å². The SMILES string of the molecule is CC1CCCC(C(C(=O)O)c2cc(Br)ccc2N)C1. The molecule has 0 amide bonds. The van der Waals surface area contributed by atoms with Crippen molar-refractivity contribution in [2.24, 2.45) is 11.8 Å². The highest BCUT2D eigenvalue weighted by Gasteiger charge is 2.33. The van der Waals surface area contributed by atoms with Gasteiger partial charge in [-0.05, 0) is 48.4 Å². The normalized spacial score (nSPS) is 24.9. The third-order valence-electron chi connectivity index (χ3n) is 4.10. The molecule has 104 valence electrons. The molecule has 0 aromatic heterocycles. The molecule has 1 aliphatic carbocycles. The number of halogens is 1. The maximum absolute atomic E-state index is 11.7. The van der Waals surface area contributed by atoms with Crippen LogP contribution in [0.5, 0.6) is 0 Å². The number of carboxylic acids is 1. The van der Waals surface area contributed by atoms with Gasteiger partial charge < -0.3 is 10.8 Å². The molecule has 19 heavy (non-hydrogen) atoms. The number of benzene rings is 1. The lowest BCUT2D eigenvalue weighted by Gasteiger charge is -2.31. The van der Waals surface area contributed by atoms with E-state index in [1.807, 2.05) is 12.1 Å². The lowest BCUT2D eigenvalue weighted by Crippen LogP contribution is -2.26. The van der Waals surface area contributed by atoms with Gasteiger partial charge in [0.1, 0.15) is 0 Å². The average Bonchev–Trinajstić information content (AvgIpc) is 2.33. The van der Waals surface area contributed by atoms with Crippen LogP contribution in [0, 0.1) is 11.8 Å². The van der Waals surface area contributed by atoms with Gasteiger partial charge in [0.25, 0.3) is 0 Å². The third-order valence-corrected chi connectivity index (χ3v) is 4.59. The predicted molar refractivity (Wildman–Crippen MR) is 80.1 cm³/mol. The van der Waals surface area contributed by atoms with E-state index in [1.54, 1.807) is 6.07 Å². The molecule has 0 spiro atoms. The molecule has 2 rings (SSSR count). The molecule has 0 heterocycles. The number of rotatable bonds is 3. The summed E-state index contributed by atoms with van der Waals surface area (Å²) in [6.07, 6.45) is 4.27. The first-order chi connectivity index (χ1) is 8.99. The van der Waals surface area contributed by atoms with Crippen LogP contribution >= 0.6 is 15.9 Å². The van der Waals surface area contributed by atoms with Crippen molar-refractivity contribution in [3.8, 4) is 0 Å². The van der Waals surface area contributed by atoms with Crippen LogP contribution in [-0.4, -0.2) is 11.1 Å². The van der Waals surface area contributed by atoms with Crippen molar-refractivity contribution in [1.29, 1.82) is 0 Å². The summed E-state index contributed by atoms with van der Waals surface area (Å²) in [4.78, 5) is 11.7. The Morgan fingerprint density at radius 2 is 2.21 bits per heavy atom. The number of hydrogen-bond acceptors (Lipinski definition) is 2. The molecule has 1 aromatic rings. The summed E-state index contributed by atoms with van der Waals surface area (Å²) < 4.78 is 0.881. The molecule has 1 aliphatic rings. The first-order valence-electron chi connectivity index (χ1n) is 6.76. The van der Waals surface area contributed by atoms with E-state index in [2.05, 4.69) is 22.9 Å². The molecular formula is C15H20BrNO2. The predicted octanol–water partition coefficient (Wildman–Crippen LogP) is 4.03. The zero-order valence-corrected chi connectivity index (χ0v) is 12.7. The van der Waals surface area contributed by atoms with Crippen molar-refractivity contribution in [3.05, 3.63) is 28.2 Å². The molecule has 4 heteroatoms. The lowest BCUT2D eigenvalue weighted by atomic mass is 9.73. The number of anilines is 1. The Morgan fingerprint density at radius 3 is 2.84 bits per heavy atom. The van der Waals surface area contributed by atoms with E-state index in [0.717, 1.165) is 29.3 Å². The lowest BCUT2D eigenvalue weighted by molar-refractivity contribution is -0.140. The van der Waals surface area contributed by atoms with Gasteiger partial charge in [0, 0.05) is 10.2 Å². The van der Waals surface area contributed by atoms with Crippen LogP contribution in [0.1, 0.15) is 44.1 Å². The van der Waals surface area contributed by atoms with Crippen molar-refractivity contribution in [3.63, 3.8) is 0 Å². The Hall–Kier alpha value is -1.03. The first kappa shape index (κ1) is 14.4. The summed E-state index contributed by atoms with van der Waals surface area (Å²) in [6.45, 7) is 2.20. The molecular weight excluding hydrogens is 306 g/mol. The fraction of sp³-hybridized carbons (Fsp3) is 0.533. The topological polar surface area (TPSA) is 63.3 Å². The summed E-state index contributed by atoms with van der Waals surface area (Å²) in [6, 6.07) is 5.48. The van der Waals surface area contributed by atoms with Crippen LogP contribution in [0.3, 0.4) is 0 Å². The monoisotopic (exact) mass is 325 g/mol. The van der Waals surface area contributed by atoms with E-state index in [1.165, 1.54) is 6.42 Å². The van der Waals surface area contributed by atoms with Gasteiger partial charge in [-0.15, -0.1) is 0 Å². The van der Waals surface area contributed by atoms with Gasteiger partial charge in [0.2, 0.25) is 0 Å². The summed E-state index contributed by atoms with van der Waals surface area (Å²) in [7, 11) is 0. The van der Waals surface area contributed by atoms with E-state index in [9.17, 15) is 9.90 Å². The zero-order valence-electron chi connectivity index (χ0n) is 11.1. The smallest absolute Gasteiger partial charge is 0.311 e. The van der Waals surface area contributed by atoms with Crippen LogP contribution < -0.4 is 5.73 Å². The van der Waals surface area contributed by atoms with E-state index in [0.29, 0.717) is 11.6 Å². The Balaban J connectivity index is 2.34. The zero-order chi connectivity index (χ0) is 14.0. The summed E-state index contributed by atoms with van der Waals surface area (Å²) in [5, 5.41) is 9.61. The van der Waals surface area contributed by atoms with Crippen molar-refractivity contribution in [2.45, 2.75) is 38.5 Å². The second-order valence-corrected chi connectivity index (χ2v) is 6.54. The molecule has 0 aliphatic heterocycles. The van der Waals surface area contributed by atoms with Gasteiger partial charge in [-0.25, -0.2) is 0 Å². The standard InChI is InChI=1S/C15H20BrNO2/c1-9-3-2-4-10(7-9)14(15(18)19)12-8-11(16)5-6-13(12)17/h5-6,8-10,14H,2-4,7,17H2,1H3,(H,18,19). The van der Waals surface area contributed by atoms with Crippen molar-refractivity contribution < 1.29 is 9.90 Å². The Morgan fingerprint density at radius 1 is 1.47 bits per heavy atom. The summed E-state index contributed by atoms with van der Waals surface area (Å²) >= 11 is 3.40. The maximum atomic E-state index is 11.7. The molecule has 3 nitrogen and oxygen atoms in total. The Bertz CT molecular complexity index is 475. The molecule has 0 saturated heterocycles. The first-order valence-corrected chi connectivity index (χ1v) is 7.56. The number of aliphatic carboxylic acids is 1. The largest absolute Gasteiger partial charge is 0.481 e. The van der Waals surface area contributed by atoms with Gasteiger partial charge >= 0.3 is 5.97 Å². The van der Waals surface area contributed by atoms with Crippen molar-refractivity contribution in [2.75, 3.05) is 5.73 Å². The highest BCUT2D eigenvalue weighted by atomic mass is 79.9. The molecule has 1 saturated carbocycles. The average molecular weight is 326 g/mol. The fourth-order valence-electron chi connectivity index (χ4n) is 3.19. The second-order valence-electron chi connectivity index (χ2n) is 5.62. The number of carbonyl (C=O) groups is 1. The Kier molecular flexibility index (Phi) is 4.50. The van der Waals surface area contributed by atoms with Crippen molar-refractivity contribution >= 4 is 27.6 Å². The van der Waals surface area contributed by atoms with Gasteiger partial charge in [-0.3, -0.25) is 4.79 Å². The maximum Gasteiger partial charge on any atom is 0.311 e. The minimum absolute atomic E-state index is 0.192. The summed E-state index contributed by atoms with van der Waals surface area (Å²) in [5.74, 6) is -0.448. The van der Waals surface area contributed by atoms with Crippen LogP contribution in [-0.2, 0) is 4.79 Å². The van der Waals surface area contributed by atoms with Gasteiger partial charge in [0.05, 0.1) is 5.92 Å². The number of carboxylic acid groups (broad SMARTS) is 1. The van der Waals surface area contributed by atoms with Crippen LogP contribution in [0.2, 0.25) is 0 Å². The fourth-order valence-corrected chi connectivity index (χ4v) is 3.57. The van der Waals surface area contributed by atoms with Crippen LogP contribution in [0.4, 0.5) is 5.69 Å². The van der Waals surface area contributed by atoms with Crippen LogP contribution in [0.15, 0.2) is 22.7 Å². The molecule has 1 fully saturated rings. The summed E-state index contributed by atoms with van der Waals surface area (Å²) in [5.41, 5.74) is 7.31. The van der Waals surface area contributed by atoms with E-state index in [-0.39, 0.29) is 5.92 Å². The van der Waals surface area contributed by atoms with Crippen LogP contribution in [0.25, 0.3) is 0 Å². The Labute approximate surface area is 122 Å². The van der Waals surface area contributed by atoms with Gasteiger partial charge in [-0.1, -0.05) is 35.7 Å². The molecule has 3 unspecified atom stereocenters. The third kappa shape index (κ3) is 3.30. The number of nitrogen functional groups attached to an aromatic ring is 1.